The van der Waals surface area contributed by atoms with Crippen LogP contribution in [-0.2, 0) is 10.0 Å². The molecule has 1 saturated heterocycles. The number of nitrogens with one attached hydrogen (secondary N) is 1. The van der Waals surface area contributed by atoms with Crippen LogP contribution in [0.25, 0.3) is 10.2 Å². The normalized spacial score (nSPS) is 17.4. The van der Waals surface area contributed by atoms with Gasteiger partial charge in [0.2, 0.25) is 10.0 Å². The van der Waals surface area contributed by atoms with Gasteiger partial charge in [0.1, 0.15) is 15.5 Å². The van der Waals surface area contributed by atoms with E-state index < -0.39 is 10.0 Å². The van der Waals surface area contributed by atoms with Crippen molar-refractivity contribution in [3.63, 3.8) is 0 Å². The fourth-order valence-corrected chi connectivity index (χ4v) is 6.86. The summed E-state index contributed by atoms with van der Waals surface area (Å²) in [5, 5.41) is 3.61. The van der Waals surface area contributed by atoms with E-state index in [1.807, 2.05) is 25.1 Å². The number of hydrogen-bond donors (Lipinski definition) is 1. The highest BCUT2D eigenvalue weighted by molar-refractivity contribution is 7.89. The number of hydrogen-bond acceptors (Lipinski definition) is 6. The van der Waals surface area contributed by atoms with Crippen LogP contribution < -0.4 is 10.1 Å². The first-order valence-electron chi connectivity index (χ1n) is 9.61. The van der Waals surface area contributed by atoms with Crippen LogP contribution >= 0.6 is 11.3 Å². The summed E-state index contributed by atoms with van der Waals surface area (Å²) in [7, 11) is -0.659. The van der Waals surface area contributed by atoms with Crippen LogP contribution in [0.4, 0.5) is 0 Å². The summed E-state index contributed by atoms with van der Waals surface area (Å²) in [4.78, 5) is 18.5. The van der Waals surface area contributed by atoms with Crippen LogP contribution in [0.5, 0.6) is 5.75 Å². The van der Waals surface area contributed by atoms with Gasteiger partial charge >= 0.3 is 0 Å². The Balaban J connectivity index is 1.72. The summed E-state index contributed by atoms with van der Waals surface area (Å²) in [6.45, 7) is 2.55. The van der Waals surface area contributed by atoms with Crippen LogP contribution in [-0.4, -0.2) is 50.9 Å². The molecule has 3 heterocycles. The topological polar surface area (TPSA) is 88.6 Å². The Bertz CT molecular complexity index is 1220. The van der Waals surface area contributed by atoms with Crippen molar-refractivity contribution in [2.45, 2.75) is 24.2 Å². The summed E-state index contributed by atoms with van der Waals surface area (Å²) in [5.74, 6) is 0.0794. The number of carbonyl (C=O) groups excluding carboxylic acids is 1. The average Bonchev–Trinajstić information content (AvgIpc) is 3.38. The summed E-state index contributed by atoms with van der Waals surface area (Å²) in [6, 6.07) is 8.93. The number of ether oxygens (including phenoxy) is 1. The lowest BCUT2D eigenvalue weighted by Gasteiger charge is -2.19. The molecule has 9 heteroatoms. The van der Waals surface area contributed by atoms with Crippen molar-refractivity contribution in [3.8, 4) is 5.75 Å². The van der Waals surface area contributed by atoms with Gasteiger partial charge in [0.15, 0.2) is 0 Å². The molecule has 2 aromatic heterocycles. The van der Waals surface area contributed by atoms with E-state index in [0.717, 1.165) is 21.3 Å². The molecule has 30 heavy (non-hydrogen) atoms. The van der Waals surface area contributed by atoms with Gasteiger partial charge in [-0.25, -0.2) is 13.4 Å². The maximum absolute atomic E-state index is 13.4. The highest BCUT2D eigenvalue weighted by Gasteiger charge is 2.37. The van der Waals surface area contributed by atoms with Crippen molar-refractivity contribution in [3.05, 3.63) is 52.5 Å². The summed E-state index contributed by atoms with van der Waals surface area (Å²) >= 11 is 1.35. The number of benzene rings is 1. The largest absolute Gasteiger partial charge is 0.495 e. The lowest BCUT2D eigenvalue weighted by atomic mass is 9.95. The molecule has 3 aromatic rings. The first-order chi connectivity index (χ1) is 14.4. The number of thiophene rings is 1. The van der Waals surface area contributed by atoms with E-state index in [9.17, 15) is 13.2 Å². The average molecular weight is 446 g/mol. The molecule has 1 amide bonds. The summed E-state index contributed by atoms with van der Waals surface area (Å²) in [6.07, 6.45) is 2.34. The Morgan fingerprint density at radius 2 is 2.13 bits per heavy atom. The molecule has 1 aliphatic heterocycles. The quantitative estimate of drug-likeness (QED) is 0.652. The molecule has 0 radical (unpaired) electrons. The molecular weight excluding hydrogens is 422 g/mol. The predicted octanol–water partition coefficient (Wildman–Crippen LogP) is 3.15. The lowest BCUT2D eigenvalue weighted by molar-refractivity contribution is 0.0966. The zero-order valence-corrected chi connectivity index (χ0v) is 18.6. The number of carbonyl (C=O) groups is 1. The Morgan fingerprint density at radius 1 is 1.33 bits per heavy atom. The van der Waals surface area contributed by atoms with Gasteiger partial charge in [-0.1, -0.05) is 12.1 Å². The van der Waals surface area contributed by atoms with Crippen molar-refractivity contribution in [2.75, 3.05) is 27.2 Å². The smallest absolute Gasteiger partial charge is 0.261 e. The second-order valence-corrected chi connectivity index (χ2v) is 10.2. The van der Waals surface area contributed by atoms with E-state index in [1.54, 1.807) is 25.4 Å². The number of nitrogens with zero attached hydrogens (tertiary/aromatic N) is 2. The van der Waals surface area contributed by atoms with Gasteiger partial charge in [-0.15, -0.1) is 11.3 Å². The molecule has 7 nitrogen and oxygen atoms in total. The standard InChI is InChI=1S/C21H23N3O4S2/c1-13-6-7-16(28-3)17(11-13)30(26,27)24-10-8-14(12-24)18-15-5-4-9-23-21(15)29-19(18)20(25)22-2/h4-7,9,11,14H,8,10,12H2,1-3H3,(H,22,25)/t14-/m0/s1. The molecule has 1 fully saturated rings. The van der Waals surface area contributed by atoms with Gasteiger partial charge < -0.3 is 10.1 Å². The van der Waals surface area contributed by atoms with E-state index >= 15 is 0 Å². The fourth-order valence-electron chi connectivity index (χ4n) is 3.95. The molecule has 158 valence electrons. The second kappa shape index (κ2) is 7.98. The first kappa shape index (κ1) is 20.8. The van der Waals surface area contributed by atoms with Crippen LogP contribution in [0.15, 0.2) is 41.4 Å². The molecule has 0 saturated carbocycles. The molecule has 0 spiro atoms. The maximum atomic E-state index is 13.4. The molecule has 4 rings (SSSR count). The Kier molecular flexibility index (Phi) is 5.52. The SMILES string of the molecule is CNC(=O)c1sc2ncccc2c1[C@H]1CCN(S(=O)(=O)c2cc(C)ccc2OC)C1. The molecule has 1 atom stereocenters. The minimum Gasteiger partial charge on any atom is -0.495 e. The van der Waals surface area contributed by atoms with Gasteiger partial charge in [0, 0.05) is 37.6 Å². The third-order valence-corrected chi connectivity index (χ3v) is 8.45. The minimum atomic E-state index is -3.72. The number of amides is 1. The monoisotopic (exact) mass is 445 g/mol. The molecular formula is C21H23N3O4S2. The molecule has 0 unspecified atom stereocenters. The van der Waals surface area contributed by atoms with Crippen LogP contribution in [0.3, 0.4) is 0 Å². The molecule has 1 aromatic carbocycles. The third kappa shape index (κ3) is 3.46. The van der Waals surface area contributed by atoms with Crippen molar-refractivity contribution in [1.29, 1.82) is 0 Å². The highest BCUT2D eigenvalue weighted by atomic mass is 32.2. The molecule has 1 aliphatic rings. The fraction of sp³-hybridized carbons (Fsp3) is 0.333. The summed E-state index contributed by atoms with van der Waals surface area (Å²) in [5.41, 5.74) is 1.73. The Morgan fingerprint density at radius 3 is 2.87 bits per heavy atom. The van der Waals surface area contributed by atoms with Gasteiger partial charge in [0.25, 0.3) is 5.91 Å². The van der Waals surface area contributed by atoms with E-state index in [0.29, 0.717) is 30.1 Å². The Labute approximate surface area is 179 Å². The van der Waals surface area contributed by atoms with Crippen LogP contribution in [0.2, 0.25) is 0 Å². The van der Waals surface area contributed by atoms with Gasteiger partial charge in [-0.3, -0.25) is 4.79 Å². The number of methoxy groups -OCH3 is 1. The number of pyridine rings is 1. The van der Waals surface area contributed by atoms with Crippen molar-refractivity contribution < 1.29 is 17.9 Å². The van der Waals surface area contributed by atoms with Crippen molar-refractivity contribution >= 4 is 37.5 Å². The molecule has 1 N–H and O–H groups in total. The molecule has 0 bridgehead atoms. The zero-order valence-electron chi connectivity index (χ0n) is 17.0. The number of aromatic nitrogens is 1. The van der Waals surface area contributed by atoms with Gasteiger partial charge in [-0.2, -0.15) is 4.31 Å². The highest BCUT2D eigenvalue weighted by Crippen LogP contribution is 2.41. The van der Waals surface area contributed by atoms with Crippen molar-refractivity contribution in [2.24, 2.45) is 0 Å². The first-order valence-corrected chi connectivity index (χ1v) is 11.9. The lowest BCUT2D eigenvalue weighted by Crippen LogP contribution is -2.29. The Hall–Kier alpha value is -2.49. The number of sulfonamides is 1. The van der Waals surface area contributed by atoms with E-state index in [2.05, 4.69) is 10.3 Å². The number of aryl methyl sites for hydroxylation is 1. The van der Waals surface area contributed by atoms with Crippen LogP contribution in [0.1, 0.15) is 33.1 Å². The predicted molar refractivity (Wildman–Crippen MR) is 117 cm³/mol. The number of fused-ring (bicyclic) bond motifs is 1. The van der Waals surface area contributed by atoms with E-state index in [-0.39, 0.29) is 16.7 Å². The maximum Gasteiger partial charge on any atom is 0.261 e. The van der Waals surface area contributed by atoms with E-state index in [4.69, 9.17) is 4.74 Å². The third-order valence-electron chi connectivity index (χ3n) is 5.43. The second-order valence-electron chi connectivity index (χ2n) is 7.28. The van der Waals surface area contributed by atoms with E-state index in [1.165, 1.54) is 22.8 Å². The molecule has 0 aliphatic carbocycles. The van der Waals surface area contributed by atoms with Crippen molar-refractivity contribution in [1.82, 2.24) is 14.6 Å². The summed E-state index contributed by atoms with van der Waals surface area (Å²) < 4.78 is 33.5. The number of rotatable bonds is 5. The van der Waals surface area contributed by atoms with Gasteiger partial charge in [0.05, 0.1) is 12.0 Å². The zero-order chi connectivity index (χ0) is 21.5. The van der Waals surface area contributed by atoms with Gasteiger partial charge in [-0.05, 0) is 42.7 Å². The van der Waals surface area contributed by atoms with Crippen LogP contribution in [0, 0.1) is 6.92 Å². The minimum absolute atomic E-state index is 0.0826.